The van der Waals surface area contributed by atoms with E-state index >= 15 is 0 Å². The van der Waals surface area contributed by atoms with Gasteiger partial charge in [-0.3, -0.25) is 4.84 Å². The van der Waals surface area contributed by atoms with Crippen LogP contribution in [-0.2, 0) is 4.84 Å². The van der Waals surface area contributed by atoms with Crippen LogP contribution >= 0.6 is 0 Å². The SMILES string of the molecule is CON/C(N)=N/c1ncccn1. The van der Waals surface area contributed by atoms with Gasteiger partial charge in [0.2, 0.25) is 5.96 Å². The standard InChI is InChI=1S/C6H9N5O/c1-12-11-5(7)10-6-8-3-2-4-9-6/h2-4H,1H3,(H3,7,8,9,10,11). The summed E-state index contributed by atoms with van der Waals surface area (Å²) in [7, 11) is 1.44. The normalized spacial score (nSPS) is 11.2. The summed E-state index contributed by atoms with van der Waals surface area (Å²) in [6.45, 7) is 0. The summed E-state index contributed by atoms with van der Waals surface area (Å²) < 4.78 is 0. The minimum Gasteiger partial charge on any atom is -0.368 e. The number of hydroxylamine groups is 1. The zero-order chi connectivity index (χ0) is 8.81. The van der Waals surface area contributed by atoms with Crippen molar-refractivity contribution in [2.45, 2.75) is 0 Å². The maximum atomic E-state index is 5.35. The Balaban J connectivity index is 2.67. The van der Waals surface area contributed by atoms with Gasteiger partial charge in [0.1, 0.15) is 0 Å². The lowest BCUT2D eigenvalue weighted by Crippen LogP contribution is -2.30. The van der Waals surface area contributed by atoms with Gasteiger partial charge in [0.25, 0.3) is 5.95 Å². The second-order valence-corrected chi connectivity index (χ2v) is 1.85. The molecule has 0 bridgehead atoms. The highest BCUT2D eigenvalue weighted by atomic mass is 16.6. The van der Waals surface area contributed by atoms with E-state index in [1.54, 1.807) is 18.5 Å². The van der Waals surface area contributed by atoms with Crippen LogP contribution in [0.5, 0.6) is 0 Å². The lowest BCUT2D eigenvalue weighted by molar-refractivity contribution is 0.143. The fourth-order valence-electron chi connectivity index (χ4n) is 0.584. The lowest BCUT2D eigenvalue weighted by Gasteiger charge is -1.99. The van der Waals surface area contributed by atoms with Gasteiger partial charge in [-0.2, -0.15) is 4.99 Å². The molecule has 6 nitrogen and oxygen atoms in total. The quantitative estimate of drug-likeness (QED) is 0.355. The van der Waals surface area contributed by atoms with Crippen molar-refractivity contribution < 1.29 is 4.84 Å². The van der Waals surface area contributed by atoms with E-state index in [1.807, 2.05) is 0 Å². The molecule has 0 aliphatic heterocycles. The maximum Gasteiger partial charge on any atom is 0.252 e. The summed E-state index contributed by atoms with van der Waals surface area (Å²) in [5.74, 6) is 0.406. The minimum absolute atomic E-state index is 0.115. The molecule has 0 spiro atoms. The third kappa shape index (κ3) is 2.51. The van der Waals surface area contributed by atoms with E-state index in [0.29, 0.717) is 5.95 Å². The second kappa shape index (κ2) is 4.24. The van der Waals surface area contributed by atoms with E-state index in [1.165, 1.54) is 7.11 Å². The number of hydrogen-bond acceptors (Lipinski definition) is 4. The third-order valence-electron chi connectivity index (χ3n) is 0.979. The molecule has 0 aliphatic rings. The zero-order valence-electron chi connectivity index (χ0n) is 6.56. The summed E-state index contributed by atoms with van der Waals surface area (Å²) >= 11 is 0. The molecule has 0 aromatic carbocycles. The molecule has 1 aromatic rings. The van der Waals surface area contributed by atoms with E-state index < -0.39 is 0 Å². The van der Waals surface area contributed by atoms with Crippen LogP contribution in [0.1, 0.15) is 0 Å². The number of nitrogens with one attached hydrogen (secondary N) is 1. The number of guanidine groups is 1. The Morgan fingerprint density at radius 1 is 1.58 bits per heavy atom. The highest BCUT2D eigenvalue weighted by Gasteiger charge is 1.91. The highest BCUT2D eigenvalue weighted by molar-refractivity contribution is 5.78. The second-order valence-electron chi connectivity index (χ2n) is 1.85. The molecule has 1 heterocycles. The first kappa shape index (κ1) is 8.41. The van der Waals surface area contributed by atoms with Crippen LogP contribution in [0.3, 0.4) is 0 Å². The van der Waals surface area contributed by atoms with Crippen molar-refractivity contribution >= 4 is 11.9 Å². The van der Waals surface area contributed by atoms with Gasteiger partial charge >= 0.3 is 0 Å². The number of rotatable bonds is 2. The van der Waals surface area contributed by atoms with Gasteiger partial charge in [-0.15, -0.1) is 0 Å². The van der Waals surface area contributed by atoms with E-state index in [0.717, 1.165) is 0 Å². The maximum absolute atomic E-state index is 5.35. The number of aromatic nitrogens is 2. The van der Waals surface area contributed by atoms with Crippen molar-refractivity contribution in [3.8, 4) is 0 Å². The molecule has 0 aliphatic carbocycles. The molecule has 0 fully saturated rings. The monoisotopic (exact) mass is 167 g/mol. The van der Waals surface area contributed by atoms with Crippen LogP contribution in [0, 0.1) is 0 Å². The molecule has 0 saturated carbocycles. The van der Waals surface area contributed by atoms with Crippen LogP contribution in [-0.4, -0.2) is 23.0 Å². The van der Waals surface area contributed by atoms with E-state index in [9.17, 15) is 0 Å². The number of aliphatic imine (C=N–C) groups is 1. The van der Waals surface area contributed by atoms with Gasteiger partial charge in [-0.05, 0) is 6.07 Å². The predicted molar refractivity (Wildman–Crippen MR) is 43.5 cm³/mol. The number of hydrogen-bond donors (Lipinski definition) is 2. The third-order valence-corrected chi connectivity index (χ3v) is 0.979. The first-order valence-electron chi connectivity index (χ1n) is 3.23. The Kier molecular flexibility index (Phi) is 2.97. The minimum atomic E-state index is 0.115. The zero-order valence-corrected chi connectivity index (χ0v) is 6.56. The Hall–Kier alpha value is -1.69. The first-order chi connectivity index (χ1) is 5.83. The fourth-order valence-corrected chi connectivity index (χ4v) is 0.584. The molecule has 64 valence electrons. The molecule has 6 heteroatoms. The molecule has 1 aromatic heterocycles. The highest BCUT2D eigenvalue weighted by Crippen LogP contribution is 1.97. The van der Waals surface area contributed by atoms with E-state index in [2.05, 4.69) is 25.3 Å². The summed E-state index contributed by atoms with van der Waals surface area (Å²) in [4.78, 5) is 16.0. The van der Waals surface area contributed by atoms with Crippen LogP contribution in [0.15, 0.2) is 23.5 Å². The van der Waals surface area contributed by atoms with Crippen molar-refractivity contribution in [3.05, 3.63) is 18.5 Å². The van der Waals surface area contributed by atoms with Crippen LogP contribution in [0.4, 0.5) is 5.95 Å². The average molecular weight is 167 g/mol. The molecular formula is C6H9N5O. The summed E-state index contributed by atoms with van der Waals surface area (Å²) in [6, 6.07) is 1.69. The Morgan fingerprint density at radius 2 is 2.25 bits per heavy atom. The molecule has 0 unspecified atom stereocenters. The van der Waals surface area contributed by atoms with Gasteiger partial charge in [-0.25, -0.2) is 15.4 Å². The molecule has 1 rings (SSSR count). The summed E-state index contributed by atoms with van der Waals surface area (Å²) in [6.07, 6.45) is 3.15. The Bertz CT molecular complexity index is 260. The molecule has 0 radical (unpaired) electrons. The van der Waals surface area contributed by atoms with Crippen molar-refractivity contribution in [2.75, 3.05) is 7.11 Å². The average Bonchev–Trinajstić information content (AvgIpc) is 2.06. The predicted octanol–water partition coefficient (Wildman–Crippen LogP) is -0.426. The molecule has 0 saturated heterocycles. The van der Waals surface area contributed by atoms with Gasteiger partial charge in [-0.1, -0.05) is 0 Å². The largest absolute Gasteiger partial charge is 0.368 e. The van der Waals surface area contributed by atoms with Crippen LogP contribution in [0.25, 0.3) is 0 Å². The van der Waals surface area contributed by atoms with Gasteiger partial charge in [0, 0.05) is 12.4 Å². The van der Waals surface area contributed by atoms with Gasteiger partial charge in [0.15, 0.2) is 0 Å². The first-order valence-corrected chi connectivity index (χ1v) is 3.23. The fraction of sp³-hybridized carbons (Fsp3) is 0.167. The molecule has 0 atom stereocenters. The van der Waals surface area contributed by atoms with Crippen molar-refractivity contribution in [1.29, 1.82) is 0 Å². The number of nitrogens with two attached hydrogens (primary N) is 1. The Morgan fingerprint density at radius 3 is 2.83 bits per heavy atom. The van der Waals surface area contributed by atoms with Gasteiger partial charge < -0.3 is 5.73 Å². The van der Waals surface area contributed by atoms with E-state index in [4.69, 9.17) is 5.73 Å². The Labute approximate surface area is 69.5 Å². The smallest absolute Gasteiger partial charge is 0.252 e. The lowest BCUT2D eigenvalue weighted by atomic mass is 10.7. The molecule has 3 N–H and O–H groups in total. The van der Waals surface area contributed by atoms with Gasteiger partial charge in [0.05, 0.1) is 7.11 Å². The van der Waals surface area contributed by atoms with Crippen LogP contribution in [0.2, 0.25) is 0 Å². The van der Waals surface area contributed by atoms with E-state index in [-0.39, 0.29) is 5.96 Å². The summed E-state index contributed by atoms with van der Waals surface area (Å²) in [5, 5.41) is 0. The van der Waals surface area contributed by atoms with Crippen molar-refractivity contribution in [3.63, 3.8) is 0 Å². The van der Waals surface area contributed by atoms with Crippen molar-refractivity contribution in [1.82, 2.24) is 15.4 Å². The molecular weight excluding hydrogens is 158 g/mol. The topological polar surface area (TPSA) is 85.4 Å². The van der Waals surface area contributed by atoms with Crippen molar-refractivity contribution in [2.24, 2.45) is 10.7 Å². The molecule has 0 amide bonds. The molecule has 12 heavy (non-hydrogen) atoms. The number of nitrogens with zero attached hydrogens (tertiary/aromatic N) is 3. The summed E-state index contributed by atoms with van der Waals surface area (Å²) in [5.41, 5.74) is 7.69. The van der Waals surface area contributed by atoms with Crippen LogP contribution < -0.4 is 11.2 Å².